The van der Waals surface area contributed by atoms with E-state index >= 15 is 0 Å². The molecule has 2 fully saturated rings. The fraction of sp³-hybridized carbons (Fsp3) is 0.333. The number of rotatable bonds is 8. The highest BCUT2D eigenvalue weighted by Gasteiger charge is 2.28. The van der Waals surface area contributed by atoms with Gasteiger partial charge in [-0.3, -0.25) is 14.4 Å². The first kappa shape index (κ1) is 31.0. The van der Waals surface area contributed by atoms with Gasteiger partial charge in [-0.05, 0) is 80.6 Å². The molecular weight excluding hydrogens is 578 g/mol. The van der Waals surface area contributed by atoms with Gasteiger partial charge in [-0.2, -0.15) is 0 Å². The van der Waals surface area contributed by atoms with Crippen LogP contribution in [0.15, 0.2) is 83.8 Å². The molecule has 238 valence electrons. The molecule has 2 amide bonds. The summed E-state index contributed by atoms with van der Waals surface area (Å²) < 4.78 is 1.53. The van der Waals surface area contributed by atoms with Crippen molar-refractivity contribution in [3.8, 4) is 11.3 Å². The summed E-state index contributed by atoms with van der Waals surface area (Å²) in [6.45, 7) is 5.16. The topological polar surface area (TPSA) is 117 Å². The van der Waals surface area contributed by atoms with Crippen LogP contribution in [-0.4, -0.2) is 52.6 Å². The van der Waals surface area contributed by atoms with E-state index in [4.69, 9.17) is 10.7 Å². The zero-order valence-electron chi connectivity index (χ0n) is 26.5. The van der Waals surface area contributed by atoms with Crippen LogP contribution < -0.4 is 26.5 Å². The van der Waals surface area contributed by atoms with E-state index < -0.39 is 0 Å². The largest absolute Gasteiger partial charge is 0.371 e. The van der Waals surface area contributed by atoms with Crippen molar-refractivity contribution in [2.75, 3.05) is 41.4 Å². The smallest absolute Gasteiger partial charge is 0.293 e. The van der Waals surface area contributed by atoms with Gasteiger partial charge in [0.2, 0.25) is 5.91 Å². The Labute approximate surface area is 269 Å². The number of anilines is 4. The van der Waals surface area contributed by atoms with Crippen molar-refractivity contribution < 1.29 is 9.59 Å². The number of primary amides is 1. The quantitative estimate of drug-likeness (QED) is 0.277. The van der Waals surface area contributed by atoms with Gasteiger partial charge in [-0.25, -0.2) is 15.0 Å². The van der Waals surface area contributed by atoms with Crippen molar-refractivity contribution in [3.63, 3.8) is 0 Å². The predicted molar refractivity (Wildman–Crippen MR) is 182 cm³/mol. The highest BCUT2D eigenvalue weighted by molar-refractivity contribution is 6.06. The van der Waals surface area contributed by atoms with Gasteiger partial charge in [-0.15, -0.1) is 0 Å². The van der Waals surface area contributed by atoms with Crippen LogP contribution >= 0.6 is 0 Å². The highest BCUT2D eigenvalue weighted by atomic mass is 16.2. The molecule has 0 saturated carbocycles. The lowest BCUT2D eigenvalue weighted by atomic mass is 9.96. The fourth-order valence-corrected chi connectivity index (χ4v) is 6.43. The van der Waals surface area contributed by atoms with E-state index in [-0.39, 0.29) is 29.1 Å². The van der Waals surface area contributed by atoms with Crippen molar-refractivity contribution in [1.29, 1.82) is 0 Å². The fourth-order valence-electron chi connectivity index (χ4n) is 6.43. The molecule has 0 bridgehead atoms. The molecule has 3 aromatic carbocycles. The van der Waals surface area contributed by atoms with Crippen molar-refractivity contribution in [1.82, 2.24) is 14.6 Å². The number of nitrogens with one attached hydrogen (secondary N) is 1. The number of carbonyl (C=O) groups is 2. The van der Waals surface area contributed by atoms with Gasteiger partial charge in [-0.1, -0.05) is 36.8 Å². The first-order chi connectivity index (χ1) is 22.3. The number of nitrogens with zero attached hydrogens (tertiary/aromatic N) is 5. The lowest BCUT2D eigenvalue weighted by molar-refractivity contribution is -0.122. The summed E-state index contributed by atoms with van der Waals surface area (Å²) in [6, 6.07) is 23.2. The minimum Gasteiger partial charge on any atom is -0.371 e. The number of aryl methyl sites for hydroxylation is 1. The van der Waals surface area contributed by atoms with E-state index in [1.165, 1.54) is 4.57 Å². The van der Waals surface area contributed by atoms with Gasteiger partial charge < -0.3 is 20.5 Å². The summed E-state index contributed by atoms with van der Waals surface area (Å²) in [6.07, 6.45) is 6.45. The first-order valence-corrected chi connectivity index (χ1v) is 16.0. The average Bonchev–Trinajstić information content (AvgIpc) is 3.09. The number of amides is 2. The minimum atomic E-state index is -0.246. The molecule has 3 heterocycles. The number of carbonyl (C=O) groups excluding carboxylic acids is 2. The standard InChI is InChI=1S/C36H41N7O3/c1-25-30(12-9-13-32(25)43(42-20-7-4-8-21-42)35(45)27-10-5-3-6-11-27)31-24-40(2)36(46)34(39-31)38-28-14-16-29(17-15-28)41-22-18-26(19-23-41)33(37)44/h3,5-6,9-17,24,26H,4,7-8,18-23H2,1-2H3,(H2,37,44)(H,38,39). The molecule has 6 rings (SSSR count). The van der Waals surface area contributed by atoms with Crippen LogP contribution in [0.5, 0.6) is 0 Å². The Kier molecular flexibility index (Phi) is 9.16. The van der Waals surface area contributed by atoms with Crippen LogP contribution in [-0.2, 0) is 11.8 Å². The molecule has 0 unspecified atom stereocenters. The van der Waals surface area contributed by atoms with Gasteiger partial charge in [0, 0.05) is 67.8 Å². The zero-order valence-corrected chi connectivity index (χ0v) is 26.5. The van der Waals surface area contributed by atoms with E-state index in [1.54, 1.807) is 13.2 Å². The van der Waals surface area contributed by atoms with E-state index in [0.717, 1.165) is 86.5 Å². The maximum absolute atomic E-state index is 14.0. The maximum atomic E-state index is 14.0. The Bertz CT molecular complexity index is 1760. The van der Waals surface area contributed by atoms with Crippen LogP contribution in [0.4, 0.5) is 22.9 Å². The molecule has 10 nitrogen and oxygen atoms in total. The van der Waals surface area contributed by atoms with Gasteiger partial charge in [0.25, 0.3) is 11.5 Å². The number of hydrogen-bond donors (Lipinski definition) is 2. The van der Waals surface area contributed by atoms with Crippen LogP contribution in [0.3, 0.4) is 0 Å². The minimum absolute atomic E-state index is 0.0618. The number of piperidine rings is 2. The molecule has 10 heteroatoms. The monoisotopic (exact) mass is 619 g/mol. The molecular formula is C36H41N7O3. The van der Waals surface area contributed by atoms with Crippen LogP contribution in [0, 0.1) is 12.8 Å². The Morgan fingerprint density at radius 1 is 0.891 bits per heavy atom. The maximum Gasteiger partial charge on any atom is 0.293 e. The number of nitrogens with two attached hydrogens (primary N) is 1. The summed E-state index contributed by atoms with van der Waals surface area (Å²) >= 11 is 0. The highest BCUT2D eigenvalue weighted by Crippen LogP contribution is 2.33. The Morgan fingerprint density at radius 3 is 2.26 bits per heavy atom. The van der Waals surface area contributed by atoms with Gasteiger partial charge in [0.1, 0.15) is 0 Å². The molecule has 0 radical (unpaired) electrons. The number of hydrazine groups is 1. The third-order valence-corrected chi connectivity index (χ3v) is 9.10. The number of benzene rings is 3. The van der Waals surface area contributed by atoms with Gasteiger partial charge in [0.05, 0.1) is 11.4 Å². The molecule has 0 aliphatic carbocycles. The van der Waals surface area contributed by atoms with E-state index in [9.17, 15) is 14.4 Å². The van der Waals surface area contributed by atoms with Gasteiger partial charge >= 0.3 is 0 Å². The molecule has 2 saturated heterocycles. The first-order valence-electron chi connectivity index (χ1n) is 16.0. The summed E-state index contributed by atoms with van der Waals surface area (Å²) in [5.74, 6) is -0.141. The molecule has 2 aliphatic rings. The summed E-state index contributed by atoms with van der Waals surface area (Å²) in [5, 5.41) is 7.20. The van der Waals surface area contributed by atoms with Crippen molar-refractivity contribution in [3.05, 3.63) is 100 Å². The van der Waals surface area contributed by atoms with Crippen LogP contribution in [0.25, 0.3) is 11.3 Å². The molecule has 46 heavy (non-hydrogen) atoms. The predicted octanol–water partition coefficient (Wildman–Crippen LogP) is 5.25. The van der Waals surface area contributed by atoms with Crippen molar-refractivity contribution >= 4 is 34.7 Å². The molecule has 3 N–H and O–H groups in total. The van der Waals surface area contributed by atoms with Crippen LogP contribution in [0.2, 0.25) is 0 Å². The Balaban J connectivity index is 1.28. The number of hydrogen-bond acceptors (Lipinski definition) is 7. The molecule has 2 aliphatic heterocycles. The third-order valence-electron chi connectivity index (χ3n) is 9.10. The van der Waals surface area contributed by atoms with Crippen molar-refractivity contribution in [2.45, 2.75) is 39.0 Å². The van der Waals surface area contributed by atoms with E-state index in [2.05, 4.69) is 15.2 Å². The SMILES string of the molecule is Cc1c(-c2cn(C)c(=O)c(Nc3ccc(N4CCC(C(N)=O)CC4)cc3)n2)cccc1N(C(=O)c1ccccc1)N1CCCCC1. The van der Waals surface area contributed by atoms with Gasteiger partial charge in [0.15, 0.2) is 5.82 Å². The molecule has 4 aromatic rings. The number of aromatic nitrogens is 2. The second-order valence-electron chi connectivity index (χ2n) is 12.2. The third kappa shape index (κ3) is 6.53. The normalized spacial score (nSPS) is 15.8. The summed E-state index contributed by atoms with van der Waals surface area (Å²) in [7, 11) is 1.72. The lowest BCUT2D eigenvalue weighted by Gasteiger charge is -2.38. The van der Waals surface area contributed by atoms with E-state index in [1.807, 2.05) is 84.7 Å². The Hall–Kier alpha value is -4.96. The van der Waals surface area contributed by atoms with Crippen molar-refractivity contribution in [2.24, 2.45) is 18.7 Å². The lowest BCUT2D eigenvalue weighted by Crippen LogP contribution is -2.49. The summed E-state index contributed by atoms with van der Waals surface area (Å²) in [4.78, 5) is 45.7. The van der Waals surface area contributed by atoms with E-state index in [0.29, 0.717) is 11.3 Å². The summed E-state index contributed by atoms with van der Waals surface area (Å²) in [5.41, 5.74) is 10.8. The van der Waals surface area contributed by atoms with Crippen LogP contribution in [0.1, 0.15) is 48.0 Å². The average molecular weight is 620 g/mol. The second-order valence-corrected chi connectivity index (χ2v) is 12.2. The molecule has 0 spiro atoms. The molecule has 1 aromatic heterocycles. The Morgan fingerprint density at radius 2 is 1.59 bits per heavy atom. The zero-order chi connectivity index (χ0) is 32.2. The second kappa shape index (κ2) is 13.6. The molecule has 0 atom stereocenters.